The number of hydrogen-bond acceptors (Lipinski definition) is 6. The van der Waals surface area contributed by atoms with E-state index in [4.69, 9.17) is 11.6 Å². The number of hydrogen-bond donors (Lipinski definition) is 1. The lowest BCUT2D eigenvalue weighted by Crippen LogP contribution is -2.22. The highest BCUT2D eigenvalue weighted by Gasteiger charge is 2.22. The summed E-state index contributed by atoms with van der Waals surface area (Å²) in [5, 5.41) is 15.6. The number of tetrazole rings is 1. The fraction of sp³-hybridized carbons (Fsp3) is 0.471. The van der Waals surface area contributed by atoms with Gasteiger partial charge < -0.3 is 10.2 Å². The van der Waals surface area contributed by atoms with Crippen LogP contribution in [0.2, 0.25) is 5.02 Å². The van der Waals surface area contributed by atoms with Gasteiger partial charge >= 0.3 is 0 Å². The molecule has 1 fully saturated rings. The molecule has 0 aliphatic heterocycles. The second-order valence-electron chi connectivity index (χ2n) is 6.58. The summed E-state index contributed by atoms with van der Waals surface area (Å²) in [6.07, 6.45) is 4.48. The van der Waals surface area contributed by atoms with Crippen molar-refractivity contribution in [2.75, 3.05) is 25.2 Å². The van der Waals surface area contributed by atoms with E-state index in [1.165, 1.54) is 29.5 Å². The second kappa shape index (κ2) is 8.71. The van der Waals surface area contributed by atoms with Crippen molar-refractivity contribution in [2.24, 2.45) is 0 Å². The van der Waals surface area contributed by atoms with Crippen molar-refractivity contribution in [3.63, 3.8) is 0 Å². The molecule has 1 saturated carbocycles. The minimum absolute atomic E-state index is 0.148. The van der Waals surface area contributed by atoms with Crippen LogP contribution in [0.15, 0.2) is 23.4 Å². The maximum absolute atomic E-state index is 12.3. The molecule has 27 heavy (non-hydrogen) atoms. The number of rotatable bonds is 6. The van der Waals surface area contributed by atoms with Gasteiger partial charge in [0.1, 0.15) is 0 Å². The van der Waals surface area contributed by atoms with E-state index in [1.807, 2.05) is 4.68 Å². The fourth-order valence-corrected chi connectivity index (χ4v) is 3.90. The van der Waals surface area contributed by atoms with E-state index < -0.39 is 0 Å². The minimum Gasteiger partial charge on any atom is -0.345 e. The van der Waals surface area contributed by atoms with Gasteiger partial charge in [-0.05, 0) is 41.5 Å². The van der Waals surface area contributed by atoms with Crippen LogP contribution in [0.25, 0.3) is 0 Å². The molecule has 1 N–H and O–H groups in total. The molecule has 0 spiro atoms. The van der Waals surface area contributed by atoms with Crippen molar-refractivity contribution < 1.29 is 9.59 Å². The Morgan fingerprint density at radius 1 is 1.33 bits per heavy atom. The summed E-state index contributed by atoms with van der Waals surface area (Å²) in [4.78, 5) is 25.9. The number of carbonyl (C=O) groups is 2. The molecule has 1 heterocycles. The van der Waals surface area contributed by atoms with Crippen LogP contribution in [-0.4, -0.2) is 56.8 Å². The summed E-state index contributed by atoms with van der Waals surface area (Å²) in [6.45, 7) is 0. The lowest BCUT2D eigenvalue weighted by atomic mass is 10.2. The van der Waals surface area contributed by atoms with Gasteiger partial charge in [0.2, 0.25) is 11.1 Å². The highest BCUT2D eigenvalue weighted by molar-refractivity contribution is 7.99. The van der Waals surface area contributed by atoms with Gasteiger partial charge in [-0.15, -0.1) is 5.10 Å². The number of nitrogens with one attached hydrogen (secondary N) is 1. The van der Waals surface area contributed by atoms with Gasteiger partial charge in [0, 0.05) is 19.7 Å². The molecule has 0 bridgehead atoms. The molecule has 1 aromatic heterocycles. The summed E-state index contributed by atoms with van der Waals surface area (Å²) in [5.74, 6) is -0.250. The normalized spacial score (nSPS) is 14.3. The van der Waals surface area contributed by atoms with Gasteiger partial charge in [-0.2, -0.15) is 0 Å². The fourth-order valence-electron chi connectivity index (χ4n) is 2.99. The van der Waals surface area contributed by atoms with Crippen LogP contribution < -0.4 is 5.32 Å². The zero-order valence-corrected chi connectivity index (χ0v) is 16.8. The number of anilines is 1. The molecule has 8 nitrogen and oxygen atoms in total. The SMILES string of the molecule is CN(C)C(=O)c1ccc(Cl)c(NC(=O)CSc2nnnn2C2CCCC2)c1. The molecule has 0 saturated heterocycles. The van der Waals surface area contributed by atoms with E-state index in [0.717, 1.165) is 12.8 Å². The van der Waals surface area contributed by atoms with E-state index in [1.54, 1.807) is 32.3 Å². The zero-order chi connectivity index (χ0) is 19.4. The average molecular weight is 409 g/mol. The van der Waals surface area contributed by atoms with Crippen molar-refractivity contribution in [1.29, 1.82) is 0 Å². The number of nitrogens with zero attached hydrogens (tertiary/aromatic N) is 5. The summed E-state index contributed by atoms with van der Waals surface area (Å²) < 4.78 is 1.81. The van der Waals surface area contributed by atoms with Crippen molar-refractivity contribution in [3.05, 3.63) is 28.8 Å². The summed E-state index contributed by atoms with van der Waals surface area (Å²) in [7, 11) is 3.33. The van der Waals surface area contributed by atoms with E-state index in [0.29, 0.717) is 27.5 Å². The Kier molecular flexibility index (Phi) is 6.33. The molecule has 0 unspecified atom stereocenters. The molecule has 1 aliphatic rings. The lowest BCUT2D eigenvalue weighted by Gasteiger charge is -2.13. The quantitative estimate of drug-likeness (QED) is 0.738. The highest BCUT2D eigenvalue weighted by atomic mass is 35.5. The molecule has 2 amide bonds. The third-order valence-corrected chi connectivity index (χ3v) is 5.62. The van der Waals surface area contributed by atoms with Crippen LogP contribution in [0.5, 0.6) is 0 Å². The molecule has 2 aromatic rings. The maximum atomic E-state index is 12.3. The first kappa shape index (κ1) is 19.6. The van der Waals surface area contributed by atoms with Crippen LogP contribution in [0, 0.1) is 0 Å². The Bertz CT molecular complexity index is 835. The molecule has 0 atom stereocenters. The lowest BCUT2D eigenvalue weighted by molar-refractivity contribution is -0.113. The highest BCUT2D eigenvalue weighted by Crippen LogP contribution is 2.31. The molecule has 1 aliphatic carbocycles. The first-order chi connectivity index (χ1) is 13.0. The third-order valence-electron chi connectivity index (χ3n) is 4.36. The minimum atomic E-state index is -0.239. The van der Waals surface area contributed by atoms with Crippen LogP contribution >= 0.6 is 23.4 Å². The van der Waals surface area contributed by atoms with Gasteiger partial charge in [-0.1, -0.05) is 36.2 Å². The van der Waals surface area contributed by atoms with Gasteiger partial charge in [0.05, 0.1) is 22.5 Å². The Hall–Kier alpha value is -2.13. The van der Waals surface area contributed by atoms with Crippen LogP contribution in [0.4, 0.5) is 5.69 Å². The number of amides is 2. The molecule has 144 valence electrons. The Labute approximate surface area is 166 Å². The molecule has 1 aromatic carbocycles. The van der Waals surface area contributed by atoms with Gasteiger partial charge in [-0.25, -0.2) is 4.68 Å². The Morgan fingerprint density at radius 3 is 2.78 bits per heavy atom. The predicted molar refractivity (Wildman–Crippen MR) is 104 cm³/mol. The number of carbonyl (C=O) groups excluding carboxylic acids is 2. The van der Waals surface area contributed by atoms with Crippen LogP contribution in [0.3, 0.4) is 0 Å². The van der Waals surface area contributed by atoms with Crippen LogP contribution in [0.1, 0.15) is 42.1 Å². The Morgan fingerprint density at radius 2 is 2.07 bits per heavy atom. The molecule has 10 heteroatoms. The molecular weight excluding hydrogens is 388 g/mol. The zero-order valence-electron chi connectivity index (χ0n) is 15.2. The van der Waals surface area contributed by atoms with E-state index in [2.05, 4.69) is 20.8 Å². The third kappa shape index (κ3) is 4.78. The van der Waals surface area contributed by atoms with E-state index in [9.17, 15) is 9.59 Å². The number of benzene rings is 1. The number of thioether (sulfide) groups is 1. The standard InChI is InChI=1S/C17H21ClN6O2S/c1-23(2)16(26)11-7-8-13(18)14(9-11)19-15(25)10-27-17-20-21-22-24(17)12-5-3-4-6-12/h7-9,12H,3-6,10H2,1-2H3,(H,19,25). The topological polar surface area (TPSA) is 93.0 Å². The second-order valence-corrected chi connectivity index (χ2v) is 7.93. The van der Waals surface area contributed by atoms with Crippen molar-refractivity contribution in [1.82, 2.24) is 25.1 Å². The molecule has 0 radical (unpaired) electrons. The van der Waals surface area contributed by atoms with Gasteiger partial charge in [-0.3, -0.25) is 9.59 Å². The van der Waals surface area contributed by atoms with E-state index in [-0.39, 0.29) is 17.6 Å². The number of halogens is 1. The number of aromatic nitrogens is 4. The van der Waals surface area contributed by atoms with E-state index >= 15 is 0 Å². The van der Waals surface area contributed by atoms with Crippen molar-refractivity contribution >= 4 is 40.9 Å². The summed E-state index contributed by atoms with van der Waals surface area (Å²) in [6, 6.07) is 5.12. The molecular formula is C17H21ClN6O2S. The smallest absolute Gasteiger partial charge is 0.253 e. The summed E-state index contributed by atoms with van der Waals surface area (Å²) >= 11 is 7.44. The monoisotopic (exact) mass is 408 g/mol. The van der Waals surface area contributed by atoms with Crippen LogP contribution in [-0.2, 0) is 4.79 Å². The van der Waals surface area contributed by atoms with Gasteiger partial charge in [0.25, 0.3) is 5.91 Å². The van der Waals surface area contributed by atoms with Crippen molar-refractivity contribution in [3.8, 4) is 0 Å². The largest absolute Gasteiger partial charge is 0.345 e. The predicted octanol–water partition coefficient (Wildman–Crippen LogP) is 2.87. The summed E-state index contributed by atoms with van der Waals surface area (Å²) in [5.41, 5.74) is 0.864. The molecule has 3 rings (SSSR count). The Balaban J connectivity index is 1.62. The first-order valence-corrected chi connectivity index (χ1v) is 10.0. The maximum Gasteiger partial charge on any atom is 0.253 e. The van der Waals surface area contributed by atoms with Crippen molar-refractivity contribution in [2.45, 2.75) is 36.9 Å². The average Bonchev–Trinajstić information content (AvgIpc) is 3.32. The first-order valence-electron chi connectivity index (χ1n) is 8.67. The van der Waals surface area contributed by atoms with Gasteiger partial charge in [0.15, 0.2) is 0 Å².